The van der Waals surface area contributed by atoms with Gasteiger partial charge in [0.15, 0.2) is 0 Å². The summed E-state index contributed by atoms with van der Waals surface area (Å²) in [6.07, 6.45) is 1.19. The molecule has 0 radical (unpaired) electrons. The second-order valence-electron chi connectivity index (χ2n) is 4.62. The van der Waals surface area contributed by atoms with Gasteiger partial charge < -0.3 is 14.9 Å². The Morgan fingerprint density at radius 2 is 2.18 bits per heavy atom. The molecule has 22 heavy (non-hydrogen) atoms. The fourth-order valence-electron chi connectivity index (χ4n) is 2.05. The molecule has 1 aromatic rings. The van der Waals surface area contributed by atoms with Crippen LogP contribution in [0.25, 0.3) is 0 Å². The third-order valence-electron chi connectivity index (χ3n) is 3.18. The highest BCUT2D eigenvalue weighted by Crippen LogP contribution is 2.21. The summed E-state index contributed by atoms with van der Waals surface area (Å²) in [6.45, 7) is 1.52. The highest BCUT2D eigenvalue weighted by molar-refractivity contribution is 6.10. The molecule has 1 N–H and O–H groups in total. The highest BCUT2D eigenvalue weighted by Gasteiger charge is 2.35. The van der Waals surface area contributed by atoms with Crippen LogP contribution in [0.4, 0.5) is 4.39 Å². The molecule has 1 atom stereocenters. The van der Waals surface area contributed by atoms with Crippen LogP contribution in [-0.2, 0) is 25.8 Å². The van der Waals surface area contributed by atoms with E-state index in [1.54, 1.807) is 25.1 Å². The number of hydrogen-bond acceptors (Lipinski definition) is 5. The third-order valence-corrected chi connectivity index (χ3v) is 3.18. The molecule has 1 amide bonds. The average molecular weight is 306 g/mol. The minimum absolute atomic E-state index is 0.0756. The molecular weight excluding hydrogens is 291 g/mol. The number of halogens is 1. The summed E-state index contributed by atoms with van der Waals surface area (Å²) in [7, 11) is 1.23. The third kappa shape index (κ3) is 3.30. The van der Waals surface area contributed by atoms with Crippen molar-refractivity contribution in [3.63, 3.8) is 0 Å². The zero-order chi connectivity index (χ0) is 16.1. The number of oxime groups is 1. The van der Waals surface area contributed by atoms with Crippen molar-refractivity contribution >= 4 is 18.1 Å². The van der Waals surface area contributed by atoms with Crippen molar-refractivity contribution in [1.29, 1.82) is 0 Å². The molecule has 0 saturated carbocycles. The summed E-state index contributed by atoms with van der Waals surface area (Å²) in [5.41, 5.74) is 0.948. The SMILES string of the molecule is COC(=O)C1=C(C)NC(=O)[C@@H]1/C=N\OCc1ccccc1F. The smallest absolute Gasteiger partial charge is 0.336 e. The Labute approximate surface area is 126 Å². The Bertz CT molecular complexity index is 655. The first-order valence-electron chi connectivity index (χ1n) is 6.53. The van der Waals surface area contributed by atoms with Gasteiger partial charge in [0.05, 0.1) is 18.9 Å². The number of rotatable bonds is 5. The summed E-state index contributed by atoms with van der Waals surface area (Å²) in [4.78, 5) is 28.4. The van der Waals surface area contributed by atoms with Gasteiger partial charge in [0, 0.05) is 11.3 Å². The number of allylic oxidation sites excluding steroid dienone is 1. The molecule has 0 unspecified atom stereocenters. The van der Waals surface area contributed by atoms with E-state index in [4.69, 9.17) is 4.84 Å². The van der Waals surface area contributed by atoms with E-state index in [9.17, 15) is 14.0 Å². The van der Waals surface area contributed by atoms with Crippen LogP contribution in [0.2, 0.25) is 0 Å². The van der Waals surface area contributed by atoms with E-state index < -0.39 is 23.6 Å². The fourth-order valence-corrected chi connectivity index (χ4v) is 2.05. The van der Waals surface area contributed by atoms with Crippen molar-refractivity contribution in [2.75, 3.05) is 7.11 Å². The largest absolute Gasteiger partial charge is 0.466 e. The normalized spacial score (nSPS) is 17.8. The maximum Gasteiger partial charge on any atom is 0.336 e. The van der Waals surface area contributed by atoms with Gasteiger partial charge in [-0.1, -0.05) is 23.4 Å². The van der Waals surface area contributed by atoms with E-state index in [2.05, 4.69) is 15.2 Å². The topological polar surface area (TPSA) is 77.0 Å². The van der Waals surface area contributed by atoms with E-state index >= 15 is 0 Å². The quantitative estimate of drug-likeness (QED) is 0.508. The number of amides is 1. The van der Waals surface area contributed by atoms with Crippen LogP contribution in [0, 0.1) is 11.7 Å². The molecule has 6 nitrogen and oxygen atoms in total. The Balaban J connectivity index is 2.01. The van der Waals surface area contributed by atoms with Gasteiger partial charge in [-0.15, -0.1) is 0 Å². The molecule has 1 aromatic carbocycles. The van der Waals surface area contributed by atoms with Crippen molar-refractivity contribution in [2.24, 2.45) is 11.1 Å². The van der Waals surface area contributed by atoms with Crippen LogP contribution >= 0.6 is 0 Å². The molecule has 1 heterocycles. The molecule has 0 fully saturated rings. The van der Waals surface area contributed by atoms with Gasteiger partial charge in [-0.2, -0.15) is 0 Å². The summed E-state index contributed by atoms with van der Waals surface area (Å²) in [5.74, 6) is -2.28. The Morgan fingerprint density at radius 1 is 1.45 bits per heavy atom. The highest BCUT2D eigenvalue weighted by atomic mass is 19.1. The van der Waals surface area contributed by atoms with Crippen LogP contribution in [0.15, 0.2) is 40.7 Å². The number of esters is 1. The molecule has 0 aromatic heterocycles. The maximum absolute atomic E-state index is 13.4. The average Bonchev–Trinajstić information content (AvgIpc) is 2.78. The Kier molecular flexibility index (Phi) is 4.88. The number of nitrogens with zero attached hydrogens (tertiary/aromatic N) is 1. The predicted octanol–water partition coefficient (Wildman–Crippen LogP) is 1.52. The molecule has 0 bridgehead atoms. The van der Waals surface area contributed by atoms with Crippen molar-refractivity contribution in [1.82, 2.24) is 5.32 Å². The van der Waals surface area contributed by atoms with Gasteiger partial charge in [0.25, 0.3) is 0 Å². The summed E-state index contributed by atoms with van der Waals surface area (Å²) in [6, 6.07) is 6.13. The van der Waals surface area contributed by atoms with Gasteiger partial charge in [0.2, 0.25) is 5.91 Å². The van der Waals surface area contributed by atoms with Crippen molar-refractivity contribution < 1.29 is 23.6 Å². The standard InChI is InChI=1S/C15H15FN2O4/c1-9-13(15(20)21-2)11(14(19)18-9)7-17-22-8-10-5-3-4-6-12(10)16/h3-7,11H,8H2,1-2H3,(H,18,19)/b17-7-/t11-/m1/s1. The summed E-state index contributed by atoms with van der Waals surface area (Å²) < 4.78 is 18.0. The van der Waals surface area contributed by atoms with E-state index in [1.165, 1.54) is 19.4 Å². The van der Waals surface area contributed by atoms with E-state index in [1.807, 2.05) is 0 Å². The lowest BCUT2D eigenvalue weighted by Gasteiger charge is -2.06. The number of methoxy groups -OCH3 is 1. The van der Waals surface area contributed by atoms with Crippen LogP contribution < -0.4 is 5.32 Å². The Hall–Kier alpha value is -2.70. The van der Waals surface area contributed by atoms with Gasteiger partial charge >= 0.3 is 5.97 Å². The van der Waals surface area contributed by atoms with Crippen LogP contribution in [0.1, 0.15) is 12.5 Å². The fraction of sp³-hybridized carbons (Fsp3) is 0.267. The first-order valence-corrected chi connectivity index (χ1v) is 6.53. The number of ether oxygens (including phenoxy) is 1. The molecule has 7 heteroatoms. The molecule has 0 spiro atoms. The van der Waals surface area contributed by atoms with Crippen molar-refractivity contribution in [2.45, 2.75) is 13.5 Å². The molecule has 116 valence electrons. The van der Waals surface area contributed by atoms with Crippen LogP contribution in [-0.4, -0.2) is 25.2 Å². The van der Waals surface area contributed by atoms with Gasteiger partial charge in [-0.3, -0.25) is 4.79 Å². The molecule has 2 rings (SSSR count). The van der Waals surface area contributed by atoms with Gasteiger partial charge in [-0.25, -0.2) is 9.18 Å². The second kappa shape index (κ2) is 6.84. The minimum Gasteiger partial charge on any atom is -0.466 e. The molecule has 0 aliphatic carbocycles. The second-order valence-corrected chi connectivity index (χ2v) is 4.62. The first-order chi connectivity index (χ1) is 10.5. The van der Waals surface area contributed by atoms with E-state index in [0.29, 0.717) is 11.3 Å². The number of carbonyl (C=O) groups excluding carboxylic acids is 2. The number of benzene rings is 1. The number of hydrogen-bond donors (Lipinski definition) is 1. The maximum atomic E-state index is 13.4. The van der Waals surface area contributed by atoms with Crippen molar-refractivity contribution in [3.8, 4) is 0 Å². The monoisotopic (exact) mass is 306 g/mol. The minimum atomic E-state index is -0.881. The summed E-state index contributed by atoms with van der Waals surface area (Å²) in [5, 5.41) is 6.18. The molecule has 1 aliphatic heterocycles. The lowest BCUT2D eigenvalue weighted by atomic mass is 10.0. The molecular formula is C15H15FN2O4. The van der Waals surface area contributed by atoms with Gasteiger partial charge in [-0.05, 0) is 13.0 Å². The summed E-state index contributed by atoms with van der Waals surface area (Å²) >= 11 is 0. The van der Waals surface area contributed by atoms with Crippen molar-refractivity contribution in [3.05, 3.63) is 46.9 Å². The lowest BCUT2D eigenvalue weighted by Crippen LogP contribution is -2.24. The zero-order valence-corrected chi connectivity index (χ0v) is 12.1. The van der Waals surface area contributed by atoms with E-state index in [0.717, 1.165) is 0 Å². The lowest BCUT2D eigenvalue weighted by molar-refractivity contribution is -0.137. The number of nitrogens with one attached hydrogen (secondary N) is 1. The van der Waals surface area contributed by atoms with Crippen LogP contribution in [0.5, 0.6) is 0 Å². The van der Waals surface area contributed by atoms with Gasteiger partial charge in [0.1, 0.15) is 18.3 Å². The zero-order valence-electron chi connectivity index (χ0n) is 12.1. The van der Waals surface area contributed by atoms with Crippen LogP contribution in [0.3, 0.4) is 0 Å². The van der Waals surface area contributed by atoms with E-state index in [-0.39, 0.29) is 12.2 Å². The molecule has 0 saturated heterocycles. The first kappa shape index (κ1) is 15.7. The Morgan fingerprint density at radius 3 is 2.86 bits per heavy atom. The predicted molar refractivity (Wildman–Crippen MR) is 76.0 cm³/mol. The molecule has 1 aliphatic rings. The number of carbonyl (C=O) groups is 2.